The minimum Gasteiger partial charge on any atom is -0.497 e. The van der Waals surface area contributed by atoms with Gasteiger partial charge in [0.25, 0.3) is 11.5 Å². The number of rotatable bonds is 8. The van der Waals surface area contributed by atoms with E-state index in [-0.39, 0.29) is 29.4 Å². The zero-order valence-corrected chi connectivity index (χ0v) is 22.5. The zero-order valence-electron chi connectivity index (χ0n) is 20.3. The van der Waals surface area contributed by atoms with Gasteiger partial charge in [-0.2, -0.15) is 0 Å². The van der Waals surface area contributed by atoms with Crippen LogP contribution in [-0.2, 0) is 13.6 Å². The van der Waals surface area contributed by atoms with Crippen LogP contribution >= 0.6 is 22.6 Å². The lowest BCUT2D eigenvalue weighted by molar-refractivity contribution is 0.0948. The molecule has 10 heteroatoms. The number of methoxy groups -OCH3 is 1. The number of carbonyl (C=O) groups excluding carboxylic acids is 1. The van der Waals surface area contributed by atoms with E-state index in [0.29, 0.717) is 15.1 Å². The second-order valence-electron chi connectivity index (χ2n) is 8.15. The van der Waals surface area contributed by atoms with Crippen molar-refractivity contribution in [1.29, 1.82) is 0 Å². The molecule has 0 aliphatic heterocycles. The third-order valence-electron chi connectivity index (χ3n) is 5.54. The van der Waals surface area contributed by atoms with Crippen LogP contribution in [0, 0.1) is 16.3 Å². The third kappa shape index (κ3) is 6.26. The summed E-state index contributed by atoms with van der Waals surface area (Å²) in [6, 6.07) is 16.5. The van der Waals surface area contributed by atoms with Gasteiger partial charge < -0.3 is 20.1 Å². The monoisotopic (exact) mass is 614 g/mol. The number of carbonyl (C=O) groups is 1. The molecule has 2 heterocycles. The molecule has 2 aromatic heterocycles. The molecule has 0 saturated heterocycles. The zero-order chi connectivity index (χ0) is 26.5. The Hall–Kier alpha value is -3.93. The number of nitrogens with zero attached hydrogens (tertiary/aromatic N) is 2. The van der Waals surface area contributed by atoms with Crippen LogP contribution in [0.15, 0.2) is 71.7 Å². The summed E-state index contributed by atoms with van der Waals surface area (Å²) in [7, 11) is 3.07. The molecule has 4 aromatic rings. The van der Waals surface area contributed by atoms with Gasteiger partial charge in [-0.25, -0.2) is 4.39 Å². The number of hydrogen-bond donors (Lipinski definition) is 2. The van der Waals surface area contributed by atoms with Crippen molar-refractivity contribution in [2.45, 2.75) is 13.5 Å². The predicted octanol–water partition coefficient (Wildman–Crippen LogP) is 5.31. The molecule has 4 rings (SSSR count). The summed E-state index contributed by atoms with van der Waals surface area (Å²) in [4.78, 5) is 30.6. The molecule has 0 saturated carbocycles. The Morgan fingerprint density at radius 2 is 1.81 bits per heavy atom. The fraction of sp³-hybridized carbons (Fsp3) is 0.148. The van der Waals surface area contributed by atoms with Crippen LogP contribution in [0.2, 0.25) is 0 Å². The number of hydrogen-bond acceptors (Lipinski definition) is 6. The first-order chi connectivity index (χ1) is 17.7. The van der Waals surface area contributed by atoms with E-state index in [1.807, 2.05) is 41.6 Å². The van der Waals surface area contributed by atoms with Gasteiger partial charge in [0.1, 0.15) is 34.4 Å². The Balaban J connectivity index is 1.75. The molecule has 190 valence electrons. The summed E-state index contributed by atoms with van der Waals surface area (Å²) in [5.74, 6) is 0.0771. The lowest BCUT2D eigenvalue weighted by atomic mass is 10.1. The Labute approximate surface area is 226 Å². The molecule has 0 bridgehead atoms. The van der Waals surface area contributed by atoms with Crippen LogP contribution < -0.4 is 25.7 Å². The SMILES string of the molecule is COc1ccc(CNC(=O)c2c(Oc3ccc(C)nc3)cc(=O)n(C)c2Nc2ccc(I)cc2F)cc1. The Morgan fingerprint density at radius 1 is 1.08 bits per heavy atom. The molecule has 8 nitrogen and oxygen atoms in total. The second kappa shape index (κ2) is 11.4. The van der Waals surface area contributed by atoms with Crippen molar-refractivity contribution in [3.8, 4) is 17.2 Å². The van der Waals surface area contributed by atoms with Crippen LogP contribution in [0.3, 0.4) is 0 Å². The first-order valence-electron chi connectivity index (χ1n) is 11.2. The number of benzene rings is 2. The molecule has 1 amide bonds. The summed E-state index contributed by atoms with van der Waals surface area (Å²) >= 11 is 2.00. The summed E-state index contributed by atoms with van der Waals surface area (Å²) in [6.07, 6.45) is 1.50. The molecule has 0 radical (unpaired) electrons. The van der Waals surface area contributed by atoms with Crippen molar-refractivity contribution in [3.63, 3.8) is 0 Å². The molecule has 2 N–H and O–H groups in total. The topological polar surface area (TPSA) is 94.5 Å². The van der Waals surface area contributed by atoms with Crippen molar-refractivity contribution in [3.05, 3.63) is 103 Å². The number of aromatic nitrogens is 2. The van der Waals surface area contributed by atoms with Gasteiger partial charge in [-0.3, -0.25) is 19.1 Å². The van der Waals surface area contributed by atoms with Crippen molar-refractivity contribution < 1.29 is 18.7 Å². The molecule has 2 aromatic carbocycles. The highest BCUT2D eigenvalue weighted by atomic mass is 127. The van der Waals surface area contributed by atoms with E-state index >= 15 is 0 Å². The van der Waals surface area contributed by atoms with Gasteiger partial charge in [-0.1, -0.05) is 12.1 Å². The first kappa shape index (κ1) is 26.1. The number of pyridine rings is 2. The molecular weight excluding hydrogens is 590 g/mol. The maximum absolute atomic E-state index is 14.7. The van der Waals surface area contributed by atoms with Crippen molar-refractivity contribution >= 4 is 40.0 Å². The van der Waals surface area contributed by atoms with E-state index in [9.17, 15) is 14.0 Å². The smallest absolute Gasteiger partial charge is 0.259 e. The van der Waals surface area contributed by atoms with E-state index in [4.69, 9.17) is 9.47 Å². The molecule has 0 atom stereocenters. The maximum atomic E-state index is 14.7. The molecule has 37 heavy (non-hydrogen) atoms. The highest BCUT2D eigenvalue weighted by molar-refractivity contribution is 14.1. The van der Waals surface area contributed by atoms with Gasteiger partial charge in [-0.05, 0) is 77.5 Å². The van der Waals surface area contributed by atoms with Crippen LogP contribution in [0.4, 0.5) is 15.9 Å². The number of amides is 1. The van der Waals surface area contributed by atoms with Crippen LogP contribution in [0.25, 0.3) is 0 Å². The normalized spacial score (nSPS) is 10.6. The molecular formula is C27H24FIN4O4. The largest absolute Gasteiger partial charge is 0.497 e. The number of halogens is 2. The average Bonchev–Trinajstić information content (AvgIpc) is 2.88. The summed E-state index contributed by atoms with van der Waals surface area (Å²) in [5.41, 5.74) is 1.31. The minimum absolute atomic E-state index is 0.00871. The third-order valence-corrected chi connectivity index (χ3v) is 6.21. The molecule has 0 aliphatic carbocycles. The van der Waals surface area contributed by atoms with Crippen LogP contribution in [0.1, 0.15) is 21.6 Å². The minimum atomic E-state index is -0.530. The predicted molar refractivity (Wildman–Crippen MR) is 147 cm³/mol. The van der Waals surface area contributed by atoms with Gasteiger partial charge in [0.2, 0.25) is 0 Å². The molecule has 0 unspecified atom stereocenters. The van der Waals surface area contributed by atoms with Gasteiger partial charge in [-0.15, -0.1) is 0 Å². The standard InChI is InChI=1S/C27H24FIN4O4/c1-16-4-8-20(15-30-16)37-23-13-24(34)33(2)26(32-22-11-7-18(29)12-21(22)28)25(23)27(35)31-14-17-5-9-19(36-3)10-6-17/h4-13,15,32H,14H2,1-3H3,(H,31,35). The number of anilines is 2. The summed E-state index contributed by atoms with van der Waals surface area (Å²) < 4.78 is 27.8. The van der Waals surface area contributed by atoms with Gasteiger partial charge >= 0.3 is 0 Å². The second-order valence-corrected chi connectivity index (χ2v) is 9.39. The van der Waals surface area contributed by atoms with Gasteiger partial charge in [0.15, 0.2) is 0 Å². The van der Waals surface area contributed by atoms with Crippen LogP contribution in [0.5, 0.6) is 17.2 Å². The Bertz CT molecular complexity index is 1490. The summed E-state index contributed by atoms with van der Waals surface area (Å²) in [5, 5.41) is 5.78. The van der Waals surface area contributed by atoms with E-state index in [0.717, 1.165) is 11.3 Å². The Kier molecular flexibility index (Phi) is 8.07. The fourth-order valence-corrected chi connectivity index (χ4v) is 3.95. The lowest BCUT2D eigenvalue weighted by Crippen LogP contribution is -2.29. The Morgan fingerprint density at radius 3 is 2.46 bits per heavy atom. The van der Waals surface area contributed by atoms with Crippen molar-refractivity contribution in [2.75, 3.05) is 12.4 Å². The van der Waals surface area contributed by atoms with Gasteiger partial charge in [0.05, 0.1) is 19.0 Å². The van der Waals surface area contributed by atoms with E-state index in [2.05, 4.69) is 15.6 Å². The highest BCUT2D eigenvalue weighted by Crippen LogP contribution is 2.32. The van der Waals surface area contributed by atoms with Crippen molar-refractivity contribution in [1.82, 2.24) is 14.9 Å². The number of aryl methyl sites for hydroxylation is 1. The van der Waals surface area contributed by atoms with E-state index in [1.54, 1.807) is 37.4 Å². The fourth-order valence-electron chi connectivity index (χ4n) is 3.50. The van der Waals surface area contributed by atoms with E-state index < -0.39 is 17.3 Å². The van der Waals surface area contributed by atoms with Crippen molar-refractivity contribution in [2.24, 2.45) is 7.05 Å². The number of ether oxygens (including phenoxy) is 2. The van der Waals surface area contributed by atoms with Gasteiger partial charge in [0, 0.05) is 28.9 Å². The van der Waals surface area contributed by atoms with Crippen LogP contribution in [-0.4, -0.2) is 22.6 Å². The van der Waals surface area contributed by atoms with E-state index in [1.165, 1.54) is 36.0 Å². The summed E-state index contributed by atoms with van der Waals surface area (Å²) in [6.45, 7) is 2.03. The molecule has 0 spiro atoms. The maximum Gasteiger partial charge on any atom is 0.259 e. The first-order valence-corrected chi connectivity index (χ1v) is 12.3. The average molecular weight is 614 g/mol. The quantitative estimate of drug-likeness (QED) is 0.262. The molecule has 0 aliphatic rings. The number of nitrogens with one attached hydrogen (secondary N) is 2. The lowest BCUT2D eigenvalue weighted by Gasteiger charge is -2.19. The highest BCUT2D eigenvalue weighted by Gasteiger charge is 2.23. The molecule has 0 fully saturated rings.